The Hall–Kier alpha value is -2.00. The normalized spacial score (nSPS) is 10.3. The maximum absolute atomic E-state index is 13.6. The lowest BCUT2D eigenvalue weighted by Gasteiger charge is -2.08. The molecule has 0 radical (unpaired) electrons. The Labute approximate surface area is 119 Å². The molecule has 2 rings (SSSR count). The topological polar surface area (TPSA) is 48.7 Å². The van der Waals surface area contributed by atoms with Crippen molar-refractivity contribution in [2.75, 3.05) is 11.9 Å². The van der Waals surface area contributed by atoms with E-state index in [9.17, 15) is 8.78 Å². The molecule has 0 atom stereocenters. The molecule has 1 aromatic heterocycles. The summed E-state index contributed by atoms with van der Waals surface area (Å²) in [6.45, 7) is 2.44. The molecule has 0 aliphatic carbocycles. The van der Waals surface area contributed by atoms with Gasteiger partial charge >= 0.3 is 0 Å². The van der Waals surface area contributed by atoms with Crippen molar-refractivity contribution in [1.29, 1.82) is 5.26 Å². The van der Waals surface area contributed by atoms with Crippen LogP contribution in [-0.4, -0.2) is 11.5 Å². The van der Waals surface area contributed by atoms with Crippen molar-refractivity contribution in [2.24, 2.45) is 0 Å². The summed E-state index contributed by atoms with van der Waals surface area (Å²) in [4.78, 5) is 5.43. The van der Waals surface area contributed by atoms with E-state index in [-0.39, 0.29) is 11.3 Å². The van der Waals surface area contributed by atoms with Gasteiger partial charge < -0.3 is 5.32 Å². The van der Waals surface area contributed by atoms with Gasteiger partial charge in [0.2, 0.25) is 0 Å². The number of rotatable bonds is 5. The molecule has 0 aliphatic heterocycles. The second-order valence-electron chi connectivity index (χ2n) is 4.18. The van der Waals surface area contributed by atoms with Gasteiger partial charge in [0.1, 0.15) is 5.69 Å². The molecule has 2 aromatic rings. The Kier molecular flexibility index (Phi) is 4.64. The van der Waals surface area contributed by atoms with Gasteiger partial charge in [-0.05, 0) is 18.6 Å². The third-order valence-corrected chi connectivity index (χ3v) is 3.96. The maximum Gasteiger partial charge on any atom is 0.150 e. The summed E-state index contributed by atoms with van der Waals surface area (Å²) < 4.78 is 27.2. The third-order valence-electron chi connectivity index (χ3n) is 2.76. The highest BCUT2D eigenvalue weighted by Crippen LogP contribution is 2.21. The number of halogens is 2. The molecule has 0 fully saturated rings. The Morgan fingerprint density at radius 2 is 2.05 bits per heavy atom. The monoisotopic (exact) mass is 293 g/mol. The zero-order valence-electron chi connectivity index (χ0n) is 10.9. The summed E-state index contributed by atoms with van der Waals surface area (Å²) in [6.07, 6.45) is 3.36. The van der Waals surface area contributed by atoms with E-state index in [1.165, 1.54) is 4.88 Å². The Morgan fingerprint density at radius 3 is 2.60 bits per heavy atom. The van der Waals surface area contributed by atoms with Gasteiger partial charge in [0.05, 0.1) is 16.6 Å². The average Bonchev–Trinajstić information content (AvgIpc) is 2.89. The van der Waals surface area contributed by atoms with Crippen molar-refractivity contribution in [1.82, 2.24) is 4.98 Å². The van der Waals surface area contributed by atoms with Crippen molar-refractivity contribution in [3.63, 3.8) is 0 Å². The van der Waals surface area contributed by atoms with E-state index in [0.29, 0.717) is 13.0 Å². The molecular formula is C14H13F2N3S. The van der Waals surface area contributed by atoms with Gasteiger partial charge in [0.15, 0.2) is 11.6 Å². The van der Waals surface area contributed by atoms with Crippen LogP contribution >= 0.6 is 11.3 Å². The second kappa shape index (κ2) is 6.44. The molecule has 1 aromatic carbocycles. The molecular weight excluding hydrogens is 280 g/mol. The summed E-state index contributed by atoms with van der Waals surface area (Å²) in [6, 6.07) is 3.75. The van der Waals surface area contributed by atoms with E-state index in [2.05, 4.69) is 17.2 Å². The van der Waals surface area contributed by atoms with Gasteiger partial charge in [-0.1, -0.05) is 6.92 Å². The van der Waals surface area contributed by atoms with Gasteiger partial charge in [-0.25, -0.2) is 13.8 Å². The Balaban J connectivity index is 1.99. The molecule has 0 amide bonds. The number of nitrogens with zero attached hydrogens (tertiary/aromatic N) is 2. The van der Waals surface area contributed by atoms with Crippen LogP contribution in [0.1, 0.15) is 22.4 Å². The van der Waals surface area contributed by atoms with Crippen molar-refractivity contribution < 1.29 is 8.78 Å². The number of hydrogen-bond donors (Lipinski definition) is 1. The summed E-state index contributed by atoms with van der Waals surface area (Å²) in [5, 5.41) is 12.3. The smallest absolute Gasteiger partial charge is 0.150 e. The molecule has 0 saturated heterocycles. The molecule has 1 N–H and O–H groups in total. The lowest BCUT2D eigenvalue weighted by atomic mass is 10.2. The van der Waals surface area contributed by atoms with E-state index in [4.69, 9.17) is 5.26 Å². The fourth-order valence-electron chi connectivity index (χ4n) is 1.73. The average molecular weight is 293 g/mol. The van der Waals surface area contributed by atoms with Crippen molar-refractivity contribution in [3.8, 4) is 6.07 Å². The maximum atomic E-state index is 13.6. The number of benzene rings is 1. The lowest BCUT2D eigenvalue weighted by Crippen LogP contribution is -2.08. The molecule has 6 heteroatoms. The van der Waals surface area contributed by atoms with E-state index in [1.54, 1.807) is 17.4 Å². The third kappa shape index (κ3) is 3.31. The number of aromatic nitrogens is 1. The van der Waals surface area contributed by atoms with Crippen molar-refractivity contribution in [2.45, 2.75) is 19.8 Å². The fourth-order valence-corrected chi connectivity index (χ4v) is 2.59. The molecule has 0 saturated carbocycles. The van der Waals surface area contributed by atoms with Crippen LogP contribution in [0.2, 0.25) is 0 Å². The second-order valence-corrected chi connectivity index (χ2v) is 5.38. The highest BCUT2D eigenvalue weighted by Gasteiger charge is 2.11. The molecule has 20 heavy (non-hydrogen) atoms. The first-order valence-corrected chi connectivity index (χ1v) is 7.02. The molecule has 0 unspecified atom stereocenters. The minimum Gasteiger partial charge on any atom is -0.380 e. The first-order chi connectivity index (χ1) is 9.63. The summed E-state index contributed by atoms with van der Waals surface area (Å²) >= 11 is 1.60. The predicted molar refractivity (Wildman–Crippen MR) is 74.8 cm³/mol. The molecule has 0 bridgehead atoms. The van der Waals surface area contributed by atoms with Gasteiger partial charge in [0.25, 0.3) is 0 Å². The van der Waals surface area contributed by atoms with Crippen LogP contribution in [-0.2, 0) is 12.8 Å². The lowest BCUT2D eigenvalue weighted by molar-refractivity contribution is 0.587. The Bertz CT molecular complexity index is 623. The predicted octanol–water partition coefficient (Wildman–Crippen LogP) is 3.51. The van der Waals surface area contributed by atoms with Crippen LogP contribution in [0.15, 0.2) is 18.3 Å². The van der Waals surface area contributed by atoms with E-state index < -0.39 is 11.6 Å². The zero-order chi connectivity index (χ0) is 14.5. The molecule has 0 aliphatic rings. The van der Waals surface area contributed by atoms with Crippen molar-refractivity contribution >= 4 is 17.0 Å². The van der Waals surface area contributed by atoms with E-state index in [0.717, 1.165) is 23.6 Å². The summed E-state index contributed by atoms with van der Waals surface area (Å²) in [5.41, 5.74) is -0.227. The van der Waals surface area contributed by atoms with Gasteiger partial charge in [-0.2, -0.15) is 5.26 Å². The minimum atomic E-state index is -0.755. The molecule has 0 spiro atoms. The summed E-state index contributed by atoms with van der Waals surface area (Å²) in [5.74, 6) is -1.51. The molecule has 104 valence electrons. The first-order valence-electron chi connectivity index (χ1n) is 6.20. The SMILES string of the molecule is CCc1cnc(CCNc2c(F)cc(C#N)cc2F)s1. The van der Waals surface area contributed by atoms with Crippen LogP contribution in [0, 0.1) is 23.0 Å². The number of anilines is 1. The minimum absolute atomic E-state index is 0.0296. The Morgan fingerprint density at radius 1 is 1.35 bits per heavy atom. The zero-order valence-corrected chi connectivity index (χ0v) is 11.7. The van der Waals surface area contributed by atoms with Gasteiger partial charge in [-0.15, -0.1) is 11.3 Å². The number of hydrogen-bond acceptors (Lipinski definition) is 4. The van der Waals surface area contributed by atoms with Crippen LogP contribution in [0.5, 0.6) is 0 Å². The highest BCUT2D eigenvalue weighted by atomic mass is 32.1. The quantitative estimate of drug-likeness (QED) is 0.917. The highest BCUT2D eigenvalue weighted by molar-refractivity contribution is 7.11. The van der Waals surface area contributed by atoms with Crippen LogP contribution < -0.4 is 5.32 Å². The van der Waals surface area contributed by atoms with Crippen molar-refractivity contribution in [3.05, 3.63) is 45.4 Å². The number of thiazole rings is 1. The fraction of sp³-hybridized carbons (Fsp3) is 0.286. The van der Waals surface area contributed by atoms with Gasteiger partial charge in [0, 0.05) is 24.0 Å². The summed E-state index contributed by atoms with van der Waals surface area (Å²) in [7, 11) is 0. The van der Waals surface area contributed by atoms with Crippen LogP contribution in [0.4, 0.5) is 14.5 Å². The van der Waals surface area contributed by atoms with Crippen LogP contribution in [0.3, 0.4) is 0 Å². The van der Waals surface area contributed by atoms with Gasteiger partial charge in [-0.3, -0.25) is 0 Å². The first kappa shape index (κ1) is 14.4. The molecule has 1 heterocycles. The number of nitriles is 1. The molecule has 3 nitrogen and oxygen atoms in total. The largest absolute Gasteiger partial charge is 0.380 e. The number of aryl methyl sites for hydroxylation is 1. The van der Waals surface area contributed by atoms with E-state index >= 15 is 0 Å². The van der Waals surface area contributed by atoms with Crippen LogP contribution in [0.25, 0.3) is 0 Å². The number of nitrogens with one attached hydrogen (secondary N) is 1. The standard InChI is InChI=1S/C14H13F2N3S/c1-2-10-8-19-13(20-10)3-4-18-14-11(15)5-9(7-17)6-12(14)16/h5-6,8,18H,2-4H2,1H3. The van der Waals surface area contributed by atoms with E-state index in [1.807, 2.05) is 6.20 Å².